The van der Waals surface area contributed by atoms with Crippen molar-refractivity contribution in [2.75, 3.05) is 18.4 Å². The topological polar surface area (TPSA) is 24.1 Å². The first-order valence-electron chi connectivity index (χ1n) is 5.80. The van der Waals surface area contributed by atoms with E-state index in [1.165, 1.54) is 36.2 Å². The Morgan fingerprint density at radius 3 is 2.80 bits per heavy atom. The largest absolute Gasteiger partial charge is 0.381 e. The third kappa shape index (κ3) is 2.72. The average molecular weight is 204 g/mol. The number of anilines is 1. The summed E-state index contributed by atoms with van der Waals surface area (Å²) in [6, 6.07) is 7.20. The molecule has 1 aliphatic heterocycles. The zero-order valence-electron chi connectivity index (χ0n) is 9.64. The lowest BCUT2D eigenvalue weighted by Gasteiger charge is -2.25. The Labute approximate surface area is 92.1 Å². The van der Waals surface area contributed by atoms with E-state index in [-0.39, 0.29) is 0 Å². The van der Waals surface area contributed by atoms with E-state index in [0.717, 1.165) is 6.54 Å². The SMILES string of the molecule is Cc1ccc(N[C@@H]2CCCNC2)cc1C. The van der Waals surface area contributed by atoms with Gasteiger partial charge in [-0.15, -0.1) is 0 Å². The van der Waals surface area contributed by atoms with E-state index in [4.69, 9.17) is 0 Å². The Balaban J connectivity index is 2.00. The van der Waals surface area contributed by atoms with Gasteiger partial charge in [-0.3, -0.25) is 0 Å². The van der Waals surface area contributed by atoms with Gasteiger partial charge in [0.15, 0.2) is 0 Å². The molecule has 2 N–H and O–H groups in total. The van der Waals surface area contributed by atoms with Crippen LogP contribution < -0.4 is 10.6 Å². The van der Waals surface area contributed by atoms with E-state index in [9.17, 15) is 0 Å². The molecule has 1 fully saturated rings. The minimum absolute atomic E-state index is 0.598. The second-order valence-electron chi connectivity index (χ2n) is 4.49. The third-order valence-corrected chi connectivity index (χ3v) is 3.17. The molecule has 0 unspecified atom stereocenters. The fourth-order valence-electron chi connectivity index (χ4n) is 2.04. The van der Waals surface area contributed by atoms with Crippen molar-refractivity contribution in [2.24, 2.45) is 0 Å². The molecular formula is C13H20N2. The molecule has 0 aromatic heterocycles. The first kappa shape index (κ1) is 10.5. The predicted octanol–water partition coefficient (Wildman–Crippen LogP) is 2.47. The lowest BCUT2D eigenvalue weighted by molar-refractivity contribution is 0.480. The second-order valence-corrected chi connectivity index (χ2v) is 4.49. The maximum absolute atomic E-state index is 3.59. The first-order valence-corrected chi connectivity index (χ1v) is 5.80. The van der Waals surface area contributed by atoms with E-state index in [1.807, 2.05) is 0 Å². The number of piperidine rings is 1. The standard InChI is InChI=1S/C13H20N2/c1-10-5-6-12(8-11(10)2)15-13-4-3-7-14-9-13/h5-6,8,13-15H,3-4,7,9H2,1-2H3/t13-/m1/s1. The highest BCUT2D eigenvalue weighted by Gasteiger charge is 2.12. The maximum Gasteiger partial charge on any atom is 0.0386 e. The molecule has 0 spiro atoms. The van der Waals surface area contributed by atoms with Crippen LogP contribution in [0.15, 0.2) is 18.2 Å². The molecule has 0 radical (unpaired) electrons. The monoisotopic (exact) mass is 204 g/mol. The molecule has 2 nitrogen and oxygen atoms in total. The predicted molar refractivity (Wildman–Crippen MR) is 65.4 cm³/mol. The van der Waals surface area contributed by atoms with Crippen LogP contribution in [-0.4, -0.2) is 19.1 Å². The molecular weight excluding hydrogens is 184 g/mol. The highest BCUT2D eigenvalue weighted by Crippen LogP contribution is 2.16. The second kappa shape index (κ2) is 4.67. The molecule has 0 aliphatic carbocycles. The van der Waals surface area contributed by atoms with Crippen molar-refractivity contribution >= 4 is 5.69 Å². The fraction of sp³-hybridized carbons (Fsp3) is 0.538. The Hall–Kier alpha value is -1.02. The lowest BCUT2D eigenvalue weighted by atomic mass is 10.1. The summed E-state index contributed by atoms with van der Waals surface area (Å²) in [5, 5.41) is 7.00. The summed E-state index contributed by atoms with van der Waals surface area (Å²) in [6.45, 7) is 6.58. The zero-order valence-corrected chi connectivity index (χ0v) is 9.64. The summed E-state index contributed by atoms with van der Waals surface area (Å²) in [7, 11) is 0. The highest BCUT2D eigenvalue weighted by molar-refractivity contribution is 5.48. The van der Waals surface area contributed by atoms with Gasteiger partial charge in [-0.1, -0.05) is 6.07 Å². The van der Waals surface area contributed by atoms with Crippen LogP contribution in [0.5, 0.6) is 0 Å². The van der Waals surface area contributed by atoms with Crippen LogP contribution in [0.3, 0.4) is 0 Å². The lowest BCUT2D eigenvalue weighted by Crippen LogP contribution is -2.38. The molecule has 2 rings (SSSR count). The average Bonchev–Trinajstić information content (AvgIpc) is 2.25. The Morgan fingerprint density at radius 1 is 1.27 bits per heavy atom. The fourth-order valence-corrected chi connectivity index (χ4v) is 2.04. The van der Waals surface area contributed by atoms with Crippen molar-refractivity contribution in [3.05, 3.63) is 29.3 Å². The summed E-state index contributed by atoms with van der Waals surface area (Å²) in [6.07, 6.45) is 2.56. The number of rotatable bonds is 2. The summed E-state index contributed by atoms with van der Waals surface area (Å²) >= 11 is 0. The molecule has 15 heavy (non-hydrogen) atoms. The molecule has 1 aromatic carbocycles. The van der Waals surface area contributed by atoms with Crippen LogP contribution in [0.25, 0.3) is 0 Å². The van der Waals surface area contributed by atoms with E-state index in [0.29, 0.717) is 6.04 Å². The molecule has 0 saturated carbocycles. The summed E-state index contributed by atoms with van der Waals surface area (Å²) in [5.74, 6) is 0. The number of aryl methyl sites for hydroxylation is 2. The van der Waals surface area contributed by atoms with Gasteiger partial charge in [-0.05, 0) is 56.5 Å². The molecule has 1 atom stereocenters. The molecule has 1 saturated heterocycles. The van der Waals surface area contributed by atoms with Gasteiger partial charge < -0.3 is 10.6 Å². The van der Waals surface area contributed by atoms with E-state index < -0.39 is 0 Å². The van der Waals surface area contributed by atoms with Gasteiger partial charge in [-0.2, -0.15) is 0 Å². The molecule has 0 bridgehead atoms. The summed E-state index contributed by atoms with van der Waals surface area (Å²) < 4.78 is 0. The summed E-state index contributed by atoms with van der Waals surface area (Å²) in [4.78, 5) is 0. The summed E-state index contributed by atoms with van der Waals surface area (Å²) in [5.41, 5.74) is 3.98. The highest BCUT2D eigenvalue weighted by atomic mass is 15.0. The van der Waals surface area contributed by atoms with Crippen LogP contribution in [0.4, 0.5) is 5.69 Å². The Kier molecular flexibility index (Phi) is 3.27. The first-order chi connectivity index (χ1) is 7.25. The molecule has 2 heteroatoms. The smallest absolute Gasteiger partial charge is 0.0386 e. The molecule has 1 aromatic rings. The maximum atomic E-state index is 3.59. The normalized spacial score (nSPS) is 21.3. The van der Waals surface area contributed by atoms with Crippen molar-refractivity contribution in [3.8, 4) is 0 Å². The number of benzene rings is 1. The van der Waals surface area contributed by atoms with Crippen LogP contribution >= 0.6 is 0 Å². The van der Waals surface area contributed by atoms with Gasteiger partial charge in [0.1, 0.15) is 0 Å². The van der Waals surface area contributed by atoms with Gasteiger partial charge >= 0.3 is 0 Å². The van der Waals surface area contributed by atoms with Crippen molar-refractivity contribution < 1.29 is 0 Å². The minimum Gasteiger partial charge on any atom is -0.381 e. The minimum atomic E-state index is 0.598. The van der Waals surface area contributed by atoms with Gasteiger partial charge in [-0.25, -0.2) is 0 Å². The van der Waals surface area contributed by atoms with Gasteiger partial charge in [0, 0.05) is 18.3 Å². The zero-order chi connectivity index (χ0) is 10.7. The van der Waals surface area contributed by atoms with Gasteiger partial charge in [0.25, 0.3) is 0 Å². The van der Waals surface area contributed by atoms with Crippen molar-refractivity contribution in [2.45, 2.75) is 32.7 Å². The quantitative estimate of drug-likeness (QED) is 0.773. The van der Waals surface area contributed by atoms with Crippen LogP contribution in [-0.2, 0) is 0 Å². The Bertz CT molecular complexity index is 327. The number of nitrogens with one attached hydrogen (secondary N) is 2. The Morgan fingerprint density at radius 2 is 2.13 bits per heavy atom. The van der Waals surface area contributed by atoms with Crippen LogP contribution in [0.1, 0.15) is 24.0 Å². The van der Waals surface area contributed by atoms with Crippen molar-refractivity contribution in [3.63, 3.8) is 0 Å². The van der Waals surface area contributed by atoms with Gasteiger partial charge in [0.2, 0.25) is 0 Å². The number of hydrogen-bond acceptors (Lipinski definition) is 2. The van der Waals surface area contributed by atoms with Crippen LogP contribution in [0.2, 0.25) is 0 Å². The van der Waals surface area contributed by atoms with Gasteiger partial charge in [0.05, 0.1) is 0 Å². The van der Waals surface area contributed by atoms with Crippen molar-refractivity contribution in [1.82, 2.24) is 5.32 Å². The third-order valence-electron chi connectivity index (χ3n) is 3.17. The van der Waals surface area contributed by atoms with Crippen molar-refractivity contribution in [1.29, 1.82) is 0 Å². The van der Waals surface area contributed by atoms with Crippen LogP contribution in [0, 0.1) is 13.8 Å². The number of hydrogen-bond donors (Lipinski definition) is 2. The molecule has 82 valence electrons. The van der Waals surface area contributed by atoms with E-state index >= 15 is 0 Å². The molecule has 0 amide bonds. The van der Waals surface area contributed by atoms with E-state index in [1.54, 1.807) is 0 Å². The van der Waals surface area contributed by atoms with E-state index in [2.05, 4.69) is 42.7 Å². The molecule has 1 aliphatic rings. The molecule has 1 heterocycles.